The topological polar surface area (TPSA) is 3.24 Å². The van der Waals surface area contributed by atoms with Gasteiger partial charge >= 0.3 is 0 Å². The molecule has 2 heteroatoms. The zero-order valence-electron chi connectivity index (χ0n) is 24.0. The smallest absolute Gasteiger partial charge is 0.0541 e. The van der Waals surface area contributed by atoms with E-state index in [1.165, 1.54) is 37.9 Å². The summed E-state index contributed by atoms with van der Waals surface area (Å²) in [5, 5.41) is 8.25. The highest BCUT2D eigenvalue weighted by Gasteiger charge is 2.21. The van der Waals surface area contributed by atoms with Gasteiger partial charge in [-0.25, -0.2) is 0 Å². The molecule has 0 fully saturated rings. The molecule has 8 aromatic carbocycles. The van der Waals surface area contributed by atoms with Crippen LogP contribution in [0.25, 0.3) is 54.6 Å². The maximum Gasteiger partial charge on any atom is 0.0541 e. The lowest BCUT2D eigenvalue weighted by Crippen LogP contribution is -2.12. The Morgan fingerprint density at radius 1 is 0.341 bits per heavy atom. The van der Waals surface area contributed by atoms with Crippen LogP contribution in [0.2, 0.25) is 5.02 Å². The largest absolute Gasteiger partial charge is 0.309 e. The van der Waals surface area contributed by atoms with E-state index in [9.17, 15) is 0 Å². The second-order valence-corrected chi connectivity index (χ2v) is 11.5. The molecule has 0 saturated heterocycles. The number of rotatable bonds is 5. The molecule has 0 bridgehead atoms. The Bertz CT molecular complexity index is 2260. The molecular formula is C42H28ClN. The van der Waals surface area contributed by atoms with Gasteiger partial charge in [-0.1, -0.05) is 139 Å². The average Bonchev–Trinajstić information content (AvgIpc) is 3.10. The molecule has 0 spiro atoms. The summed E-state index contributed by atoms with van der Waals surface area (Å²) in [5.41, 5.74) is 7.77. The molecule has 44 heavy (non-hydrogen) atoms. The number of anilines is 3. The molecule has 0 atom stereocenters. The second-order valence-electron chi connectivity index (χ2n) is 11.1. The third-order valence-corrected chi connectivity index (χ3v) is 8.73. The summed E-state index contributed by atoms with van der Waals surface area (Å²) in [6, 6.07) is 60.3. The molecule has 0 aliphatic carbocycles. The minimum absolute atomic E-state index is 0.705. The van der Waals surface area contributed by atoms with Crippen molar-refractivity contribution in [3.63, 3.8) is 0 Å². The molecule has 0 heterocycles. The van der Waals surface area contributed by atoms with Gasteiger partial charge in [-0.3, -0.25) is 0 Å². The molecule has 0 radical (unpaired) electrons. The number of halogens is 1. The Kier molecular flexibility index (Phi) is 6.59. The predicted octanol–water partition coefficient (Wildman–Crippen LogP) is 12.6. The van der Waals surface area contributed by atoms with Crippen LogP contribution in [0.1, 0.15) is 0 Å². The van der Waals surface area contributed by atoms with Crippen molar-refractivity contribution in [2.75, 3.05) is 4.90 Å². The minimum atomic E-state index is 0.705. The van der Waals surface area contributed by atoms with E-state index in [0.717, 1.165) is 33.8 Å². The molecule has 0 unspecified atom stereocenters. The van der Waals surface area contributed by atoms with Crippen molar-refractivity contribution < 1.29 is 0 Å². The number of fused-ring (bicyclic) bond motifs is 6. The van der Waals surface area contributed by atoms with Crippen LogP contribution in [0.3, 0.4) is 0 Å². The van der Waals surface area contributed by atoms with Crippen molar-refractivity contribution in [3.8, 4) is 22.3 Å². The predicted molar refractivity (Wildman–Crippen MR) is 190 cm³/mol. The van der Waals surface area contributed by atoms with Crippen LogP contribution in [-0.2, 0) is 0 Å². The van der Waals surface area contributed by atoms with E-state index < -0.39 is 0 Å². The summed E-state index contributed by atoms with van der Waals surface area (Å²) in [5.74, 6) is 0. The molecule has 0 N–H and O–H groups in total. The van der Waals surface area contributed by atoms with Crippen LogP contribution in [0.15, 0.2) is 170 Å². The molecule has 8 rings (SSSR count). The summed E-state index contributed by atoms with van der Waals surface area (Å²) < 4.78 is 0. The number of nitrogens with zero attached hydrogens (tertiary/aromatic N) is 1. The van der Waals surface area contributed by atoms with Gasteiger partial charge in [-0.2, -0.15) is 0 Å². The van der Waals surface area contributed by atoms with Gasteiger partial charge in [0.2, 0.25) is 0 Å². The highest BCUT2D eigenvalue weighted by atomic mass is 35.5. The summed E-state index contributed by atoms with van der Waals surface area (Å²) in [4.78, 5) is 2.36. The third kappa shape index (κ3) is 4.50. The molecule has 208 valence electrons. The van der Waals surface area contributed by atoms with Gasteiger partial charge in [-0.05, 0) is 85.9 Å². The number of hydrogen-bond donors (Lipinski definition) is 0. The van der Waals surface area contributed by atoms with Gasteiger partial charge in [0.15, 0.2) is 0 Å². The fraction of sp³-hybridized carbons (Fsp3) is 0. The van der Waals surface area contributed by atoms with Crippen molar-refractivity contribution in [2.45, 2.75) is 0 Å². The Balaban J connectivity index is 1.41. The van der Waals surface area contributed by atoms with Gasteiger partial charge in [0.05, 0.1) is 11.4 Å². The van der Waals surface area contributed by atoms with E-state index in [4.69, 9.17) is 11.6 Å². The lowest BCUT2D eigenvalue weighted by molar-refractivity contribution is 1.28. The summed E-state index contributed by atoms with van der Waals surface area (Å²) in [6.45, 7) is 0. The highest BCUT2D eigenvalue weighted by Crippen LogP contribution is 2.46. The first-order valence-corrected chi connectivity index (χ1v) is 15.3. The SMILES string of the molecule is Clc1ccc(N(c2ccccc2)c2ccccc2-c2ccccc2)c(-c2ccc3c4ccccc4c4ccccc4c3c2)c1. The molecule has 0 amide bonds. The monoisotopic (exact) mass is 581 g/mol. The Morgan fingerprint density at radius 3 is 1.55 bits per heavy atom. The summed E-state index contributed by atoms with van der Waals surface area (Å²) in [7, 11) is 0. The van der Waals surface area contributed by atoms with Crippen LogP contribution in [-0.4, -0.2) is 0 Å². The molecule has 0 saturated carbocycles. The average molecular weight is 582 g/mol. The maximum atomic E-state index is 6.76. The summed E-state index contributed by atoms with van der Waals surface area (Å²) >= 11 is 6.76. The quantitative estimate of drug-likeness (QED) is 0.183. The van der Waals surface area contributed by atoms with E-state index in [1.807, 2.05) is 6.07 Å². The van der Waals surface area contributed by atoms with E-state index in [2.05, 4.69) is 169 Å². The number of para-hydroxylation sites is 2. The fourth-order valence-electron chi connectivity index (χ4n) is 6.53. The lowest BCUT2D eigenvalue weighted by Gasteiger charge is -2.30. The van der Waals surface area contributed by atoms with Gasteiger partial charge in [0.1, 0.15) is 0 Å². The molecule has 0 aliphatic rings. The van der Waals surface area contributed by atoms with Crippen LogP contribution >= 0.6 is 11.6 Å². The van der Waals surface area contributed by atoms with Gasteiger partial charge in [0.25, 0.3) is 0 Å². The van der Waals surface area contributed by atoms with E-state index in [0.29, 0.717) is 5.02 Å². The standard InChI is InChI=1S/C42H28ClN/c43-31-24-26-42(44(32-15-5-2-6-16-32)41-22-12-11-17-33(41)29-13-3-1-4-14-29)39(28-31)30-23-25-38-36-20-8-7-18-34(36)35-19-9-10-21-37(35)40(38)27-30/h1-28H. The zero-order valence-corrected chi connectivity index (χ0v) is 24.7. The Morgan fingerprint density at radius 2 is 0.864 bits per heavy atom. The zero-order chi connectivity index (χ0) is 29.5. The van der Waals surface area contributed by atoms with Crippen molar-refractivity contribution in [1.82, 2.24) is 0 Å². The van der Waals surface area contributed by atoms with Gasteiger partial charge in [-0.15, -0.1) is 0 Å². The van der Waals surface area contributed by atoms with Crippen LogP contribution in [0.4, 0.5) is 17.1 Å². The first-order chi connectivity index (χ1) is 21.8. The van der Waals surface area contributed by atoms with Crippen LogP contribution in [0, 0.1) is 0 Å². The molecule has 8 aromatic rings. The van der Waals surface area contributed by atoms with E-state index >= 15 is 0 Å². The minimum Gasteiger partial charge on any atom is -0.309 e. The Labute approximate surface area is 262 Å². The summed E-state index contributed by atoms with van der Waals surface area (Å²) in [6.07, 6.45) is 0. The normalized spacial score (nSPS) is 11.3. The Hall–Kier alpha value is -5.37. The molecule has 0 aromatic heterocycles. The number of hydrogen-bond acceptors (Lipinski definition) is 1. The second kappa shape index (κ2) is 11.0. The van der Waals surface area contributed by atoms with Crippen molar-refractivity contribution in [3.05, 3.63) is 175 Å². The number of benzene rings is 8. The maximum absolute atomic E-state index is 6.76. The first-order valence-electron chi connectivity index (χ1n) is 14.9. The van der Waals surface area contributed by atoms with Crippen molar-refractivity contribution in [2.24, 2.45) is 0 Å². The fourth-order valence-corrected chi connectivity index (χ4v) is 6.70. The van der Waals surface area contributed by atoms with Crippen LogP contribution < -0.4 is 4.90 Å². The highest BCUT2D eigenvalue weighted by molar-refractivity contribution is 6.31. The first kappa shape index (κ1) is 26.3. The van der Waals surface area contributed by atoms with Gasteiger partial charge < -0.3 is 4.90 Å². The third-order valence-electron chi connectivity index (χ3n) is 8.50. The van der Waals surface area contributed by atoms with Crippen molar-refractivity contribution in [1.29, 1.82) is 0 Å². The van der Waals surface area contributed by atoms with Crippen LogP contribution in [0.5, 0.6) is 0 Å². The molecule has 1 nitrogen and oxygen atoms in total. The van der Waals surface area contributed by atoms with E-state index in [1.54, 1.807) is 0 Å². The van der Waals surface area contributed by atoms with E-state index in [-0.39, 0.29) is 0 Å². The lowest BCUT2D eigenvalue weighted by atomic mass is 9.91. The van der Waals surface area contributed by atoms with Crippen molar-refractivity contribution >= 4 is 61.0 Å². The molecular weight excluding hydrogens is 554 g/mol. The van der Waals surface area contributed by atoms with Gasteiger partial charge in [0, 0.05) is 21.8 Å². The molecule has 0 aliphatic heterocycles.